The largest absolute Gasteiger partial charge is 0.368 e. The van der Waals surface area contributed by atoms with Crippen LogP contribution in [0, 0.1) is 5.82 Å². The number of rotatable bonds is 6. The summed E-state index contributed by atoms with van der Waals surface area (Å²) in [6.45, 7) is 1.43. The van der Waals surface area contributed by atoms with E-state index in [1.165, 1.54) is 12.1 Å². The van der Waals surface area contributed by atoms with Crippen LogP contribution in [0.5, 0.6) is 0 Å². The molecule has 0 aromatic heterocycles. The molecule has 1 atom stereocenters. The molecule has 4 N–H and O–H groups in total. The molecule has 0 bridgehead atoms. The zero-order chi connectivity index (χ0) is 15.3. The molecule has 5 nitrogen and oxygen atoms in total. The van der Waals surface area contributed by atoms with Gasteiger partial charge in [-0.05, 0) is 24.6 Å². The van der Waals surface area contributed by atoms with Gasteiger partial charge in [0.1, 0.15) is 5.82 Å². The topological polar surface area (TPSA) is 84.2 Å². The number of benzene rings is 1. The molecule has 1 aromatic rings. The fraction of sp³-hybridized carbons (Fsp3) is 0.333. The second-order valence-corrected chi connectivity index (χ2v) is 4.95. The maximum atomic E-state index is 13.4. The van der Waals surface area contributed by atoms with Crippen molar-refractivity contribution in [2.24, 2.45) is 5.73 Å². The van der Waals surface area contributed by atoms with Crippen molar-refractivity contribution in [2.75, 3.05) is 13.1 Å². The zero-order valence-electron chi connectivity index (χ0n) is 10.7. The lowest BCUT2D eigenvalue weighted by Crippen LogP contribution is -2.39. The Morgan fingerprint density at radius 1 is 1.30 bits per heavy atom. The minimum atomic E-state index is -0.630. The second-order valence-electron chi connectivity index (χ2n) is 4.13. The highest BCUT2D eigenvalue weighted by Crippen LogP contribution is 2.28. The molecule has 0 spiro atoms. The van der Waals surface area contributed by atoms with Crippen molar-refractivity contribution >= 4 is 35.0 Å². The summed E-state index contributed by atoms with van der Waals surface area (Å²) in [6, 6.07) is 2.15. The van der Waals surface area contributed by atoms with Gasteiger partial charge in [-0.2, -0.15) is 0 Å². The molecule has 0 aliphatic carbocycles. The van der Waals surface area contributed by atoms with Crippen LogP contribution in [-0.4, -0.2) is 24.9 Å². The van der Waals surface area contributed by atoms with E-state index in [4.69, 9.17) is 28.9 Å². The van der Waals surface area contributed by atoms with Crippen LogP contribution in [0.3, 0.4) is 0 Å². The molecule has 110 valence electrons. The van der Waals surface area contributed by atoms with Gasteiger partial charge < -0.3 is 16.4 Å². The van der Waals surface area contributed by atoms with E-state index in [1.807, 2.05) is 0 Å². The lowest BCUT2D eigenvalue weighted by Gasteiger charge is -2.16. The molecule has 0 radical (unpaired) electrons. The summed E-state index contributed by atoms with van der Waals surface area (Å²) in [7, 11) is 0. The molecule has 0 aliphatic rings. The summed E-state index contributed by atoms with van der Waals surface area (Å²) in [6.07, 6.45) is 0. The van der Waals surface area contributed by atoms with E-state index in [2.05, 4.69) is 10.6 Å². The Kier molecular flexibility index (Phi) is 6.19. The minimum Gasteiger partial charge on any atom is -0.368 e. The molecule has 0 heterocycles. The molecule has 0 aliphatic heterocycles. The molecular weight excluding hydrogens is 308 g/mol. The Balaban J connectivity index is 2.59. The number of hydrogen-bond donors (Lipinski definition) is 3. The highest BCUT2D eigenvalue weighted by atomic mass is 35.5. The predicted molar refractivity (Wildman–Crippen MR) is 75.0 cm³/mol. The van der Waals surface area contributed by atoms with Crippen LogP contribution in [0.15, 0.2) is 12.1 Å². The van der Waals surface area contributed by atoms with Gasteiger partial charge >= 0.3 is 0 Å². The molecular formula is C12H14Cl2FN3O2. The van der Waals surface area contributed by atoms with Crippen molar-refractivity contribution in [2.45, 2.75) is 13.0 Å². The van der Waals surface area contributed by atoms with E-state index >= 15 is 0 Å². The van der Waals surface area contributed by atoms with Crippen molar-refractivity contribution in [1.29, 1.82) is 0 Å². The number of nitrogens with one attached hydrogen (secondary N) is 2. The summed E-state index contributed by atoms with van der Waals surface area (Å²) >= 11 is 11.6. The zero-order valence-corrected chi connectivity index (χ0v) is 12.2. The lowest BCUT2D eigenvalue weighted by molar-refractivity contribution is -0.124. The molecule has 1 rings (SSSR count). The quantitative estimate of drug-likeness (QED) is 0.692. The Morgan fingerprint density at radius 2 is 1.95 bits per heavy atom. The predicted octanol–water partition coefficient (Wildman–Crippen LogP) is 1.38. The van der Waals surface area contributed by atoms with E-state index in [-0.39, 0.29) is 24.2 Å². The van der Waals surface area contributed by atoms with Crippen LogP contribution < -0.4 is 16.4 Å². The molecule has 2 amide bonds. The van der Waals surface area contributed by atoms with Crippen LogP contribution >= 0.6 is 23.2 Å². The highest BCUT2D eigenvalue weighted by molar-refractivity contribution is 6.35. The number of carbonyl (C=O) groups is 2. The maximum absolute atomic E-state index is 13.4. The molecule has 0 unspecified atom stereocenters. The van der Waals surface area contributed by atoms with Gasteiger partial charge in [-0.3, -0.25) is 9.59 Å². The molecule has 0 fully saturated rings. The smallest absolute Gasteiger partial charge is 0.236 e. The third-order valence-electron chi connectivity index (χ3n) is 2.53. The third-order valence-corrected chi connectivity index (χ3v) is 3.15. The first-order valence-corrected chi connectivity index (χ1v) is 6.49. The van der Waals surface area contributed by atoms with Crippen molar-refractivity contribution in [3.05, 3.63) is 33.6 Å². The van der Waals surface area contributed by atoms with Crippen LogP contribution in [0.1, 0.15) is 18.5 Å². The second kappa shape index (κ2) is 7.42. The first-order valence-electron chi connectivity index (χ1n) is 5.74. The van der Waals surface area contributed by atoms with Gasteiger partial charge in [0.05, 0.1) is 18.1 Å². The molecule has 0 saturated carbocycles. The van der Waals surface area contributed by atoms with Crippen LogP contribution in [0.25, 0.3) is 0 Å². The minimum absolute atomic E-state index is 0.0605. The van der Waals surface area contributed by atoms with Crippen LogP contribution in [-0.2, 0) is 9.59 Å². The van der Waals surface area contributed by atoms with Gasteiger partial charge in [0.25, 0.3) is 0 Å². The van der Waals surface area contributed by atoms with Crippen LogP contribution in [0.4, 0.5) is 4.39 Å². The van der Waals surface area contributed by atoms with Crippen molar-refractivity contribution < 1.29 is 14.0 Å². The fourth-order valence-corrected chi connectivity index (χ4v) is 2.02. The molecule has 20 heavy (non-hydrogen) atoms. The molecule has 0 saturated heterocycles. The Hall–Kier alpha value is -1.37. The number of carbonyl (C=O) groups excluding carboxylic acids is 2. The Labute approximate surface area is 125 Å². The van der Waals surface area contributed by atoms with E-state index in [9.17, 15) is 14.0 Å². The fourth-order valence-electron chi connectivity index (χ4n) is 1.47. The third kappa shape index (κ3) is 4.96. The standard InChI is InChI=1S/C12H14Cl2FN3O2/c1-6(17-5-12(20)18-4-11(16)19)7-2-10(15)9(14)3-8(7)13/h2-3,6,17H,4-5H2,1H3,(H2,16,19)(H,18,20)/t6-/m1/s1. The van der Waals surface area contributed by atoms with E-state index < -0.39 is 17.6 Å². The van der Waals surface area contributed by atoms with Crippen molar-refractivity contribution in [3.63, 3.8) is 0 Å². The van der Waals surface area contributed by atoms with Crippen molar-refractivity contribution in [1.82, 2.24) is 10.6 Å². The molecule has 8 heteroatoms. The summed E-state index contributed by atoms with van der Waals surface area (Å²) in [4.78, 5) is 21.9. The van der Waals surface area contributed by atoms with E-state index in [1.54, 1.807) is 6.92 Å². The Morgan fingerprint density at radius 3 is 2.55 bits per heavy atom. The van der Waals surface area contributed by atoms with Crippen LogP contribution in [0.2, 0.25) is 10.0 Å². The lowest BCUT2D eigenvalue weighted by atomic mass is 10.1. The number of hydrogen-bond acceptors (Lipinski definition) is 3. The van der Waals surface area contributed by atoms with E-state index in [0.717, 1.165) is 0 Å². The highest BCUT2D eigenvalue weighted by Gasteiger charge is 2.14. The number of primary amides is 1. The normalized spacial score (nSPS) is 12.0. The van der Waals surface area contributed by atoms with Gasteiger partial charge in [0, 0.05) is 11.1 Å². The SMILES string of the molecule is C[C@@H](NCC(=O)NCC(N)=O)c1cc(F)c(Cl)cc1Cl. The average molecular weight is 322 g/mol. The first kappa shape index (κ1) is 16.7. The number of halogens is 3. The Bertz CT molecular complexity index is 526. The summed E-state index contributed by atoms with van der Waals surface area (Å²) in [5, 5.41) is 5.41. The van der Waals surface area contributed by atoms with Gasteiger partial charge in [-0.15, -0.1) is 0 Å². The summed E-state index contributed by atoms with van der Waals surface area (Å²) in [5.74, 6) is -1.62. The summed E-state index contributed by atoms with van der Waals surface area (Å²) in [5.41, 5.74) is 5.38. The van der Waals surface area contributed by atoms with Crippen molar-refractivity contribution in [3.8, 4) is 0 Å². The number of nitrogens with two attached hydrogens (primary N) is 1. The maximum Gasteiger partial charge on any atom is 0.236 e. The van der Waals surface area contributed by atoms with Gasteiger partial charge in [-0.1, -0.05) is 23.2 Å². The van der Waals surface area contributed by atoms with E-state index in [0.29, 0.717) is 10.6 Å². The average Bonchev–Trinajstić information content (AvgIpc) is 2.37. The number of amides is 2. The van der Waals surface area contributed by atoms with Gasteiger partial charge in [-0.25, -0.2) is 4.39 Å². The van der Waals surface area contributed by atoms with Gasteiger partial charge in [0.2, 0.25) is 11.8 Å². The molecule has 1 aromatic carbocycles. The monoisotopic (exact) mass is 321 g/mol. The summed E-state index contributed by atoms with van der Waals surface area (Å²) < 4.78 is 13.4. The van der Waals surface area contributed by atoms with Gasteiger partial charge in [0.15, 0.2) is 0 Å². The first-order chi connectivity index (χ1) is 9.31.